The zero-order valence-corrected chi connectivity index (χ0v) is 7.68. The first kappa shape index (κ1) is 9.57. The molecule has 0 saturated carbocycles. The molecule has 2 atom stereocenters. The molecule has 0 aromatic carbocycles. The molecule has 1 aliphatic rings. The van der Waals surface area contributed by atoms with E-state index in [1.165, 1.54) is 6.42 Å². The molecule has 1 N–H and O–H groups in total. The van der Waals surface area contributed by atoms with E-state index in [1.807, 2.05) is 0 Å². The van der Waals surface area contributed by atoms with Crippen molar-refractivity contribution < 1.29 is 4.74 Å². The van der Waals surface area contributed by atoms with E-state index in [2.05, 4.69) is 18.2 Å². The Bertz CT molecular complexity index is 156. The van der Waals surface area contributed by atoms with Gasteiger partial charge in [0.2, 0.25) is 0 Å². The maximum atomic E-state index is 5.38. The Morgan fingerprint density at radius 2 is 2.58 bits per heavy atom. The van der Waals surface area contributed by atoms with Gasteiger partial charge < -0.3 is 10.1 Å². The largest absolute Gasteiger partial charge is 0.381 e. The average molecular weight is 167 g/mol. The first-order chi connectivity index (χ1) is 5.86. The van der Waals surface area contributed by atoms with Crippen molar-refractivity contribution in [3.05, 3.63) is 0 Å². The van der Waals surface area contributed by atoms with E-state index in [9.17, 15) is 0 Å². The lowest BCUT2D eigenvalue weighted by Crippen LogP contribution is -2.29. The Morgan fingerprint density at radius 3 is 3.08 bits per heavy atom. The summed E-state index contributed by atoms with van der Waals surface area (Å²) >= 11 is 0. The number of terminal acetylenes is 1. The summed E-state index contributed by atoms with van der Waals surface area (Å²) in [7, 11) is 0. The van der Waals surface area contributed by atoms with Crippen LogP contribution in [0.1, 0.15) is 19.8 Å². The molecule has 2 unspecified atom stereocenters. The van der Waals surface area contributed by atoms with Crippen LogP contribution in [-0.4, -0.2) is 25.8 Å². The quantitative estimate of drug-likeness (QED) is 0.631. The Kier molecular flexibility index (Phi) is 4.13. The zero-order valence-electron chi connectivity index (χ0n) is 7.68. The van der Waals surface area contributed by atoms with Crippen LogP contribution in [-0.2, 0) is 4.74 Å². The molecule has 0 aromatic rings. The van der Waals surface area contributed by atoms with Gasteiger partial charge in [0.15, 0.2) is 0 Å². The van der Waals surface area contributed by atoms with Crippen molar-refractivity contribution >= 4 is 0 Å². The SMILES string of the molecule is C#CC(CC1CCOC1)NCC. The maximum absolute atomic E-state index is 5.38. The van der Waals surface area contributed by atoms with Gasteiger partial charge in [-0.1, -0.05) is 12.8 Å². The van der Waals surface area contributed by atoms with Crippen molar-refractivity contribution in [2.24, 2.45) is 5.92 Å². The molecule has 1 fully saturated rings. The van der Waals surface area contributed by atoms with Gasteiger partial charge in [-0.3, -0.25) is 0 Å². The van der Waals surface area contributed by atoms with Gasteiger partial charge in [-0.15, -0.1) is 6.42 Å². The zero-order chi connectivity index (χ0) is 8.81. The monoisotopic (exact) mass is 167 g/mol. The fraction of sp³-hybridized carbons (Fsp3) is 0.800. The molecule has 0 bridgehead atoms. The average Bonchev–Trinajstić information content (AvgIpc) is 2.56. The number of hydrogen-bond donors (Lipinski definition) is 1. The van der Waals surface area contributed by atoms with Gasteiger partial charge in [0.25, 0.3) is 0 Å². The molecule has 2 heteroatoms. The summed E-state index contributed by atoms with van der Waals surface area (Å²) in [5.41, 5.74) is 0. The van der Waals surface area contributed by atoms with Gasteiger partial charge in [0.1, 0.15) is 0 Å². The predicted octanol–water partition coefficient (Wildman–Crippen LogP) is 1.02. The van der Waals surface area contributed by atoms with Gasteiger partial charge in [-0.25, -0.2) is 0 Å². The van der Waals surface area contributed by atoms with Crippen molar-refractivity contribution in [2.75, 3.05) is 19.8 Å². The van der Waals surface area contributed by atoms with E-state index in [-0.39, 0.29) is 6.04 Å². The third kappa shape index (κ3) is 2.84. The fourth-order valence-electron chi connectivity index (χ4n) is 1.56. The second-order valence-electron chi connectivity index (χ2n) is 3.24. The molecule has 0 aromatic heterocycles. The first-order valence-corrected chi connectivity index (χ1v) is 4.64. The molecule has 0 radical (unpaired) electrons. The summed E-state index contributed by atoms with van der Waals surface area (Å²) in [5.74, 6) is 3.43. The third-order valence-corrected chi connectivity index (χ3v) is 2.24. The maximum Gasteiger partial charge on any atom is 0.0690 e. The Labute approximate surface area is 74.7 Å². The minimum atomic E-state index is 0.238. The highest BCUT2D eigenvalue weighted by Crippen LogP contribution is 2.17. The van der Waals surface area contributed by atoms with Gasteiger partial charge in [0.05, 0.1) is 6.04 Å². The molecule has 2 nitrogen and oxygen atoms in total. The first-order valence-electron chi connectivity index (χ1n) is 4.64. The smallest absolute Gasteiger partial charge is 0.0690 e. The lowest BCUT2D eigenvalue weighted by molar-refractivity contribution is 0.183. The third-order valence-electron chi connectivity index (χ3n) is 2.24. The summed E-state index contributed by atoms with van der Waals surface area (Å²) < 4.78 is 5.28. The Balaban J connectivity index is 2.22. The summed E-state index contributed by atoms with van der Waals surface area (Å²) in [6, 6.07) is 0.238. The van der Waals surface area contributed by atoms with Crippen LogP contribution < -0.4 is 5.32 Å². The Hall–Kier alpha value is -0.520. The summed E-state index contributed by atoms with van der Waals surface area (Å²) in [6.45, 7) is 4.83. The van der Waals surface area contributed by atoms with Crippen LogP contribution in [0.25, 0.3) is 0 Å². The van der Waals surface area contributed by atoms with Crippen molar-refractivity contribution in [2.45, 2.75) is 25.8 Å². The van der Waals surface area contributed by atoms with E-state index in [0.717, 1.165) is 26.2 Å². The van der Waals surface area contributed by atoms with Crippen LogP contribution in [0.3, 0.4) is 0 Å². The van der Waals surface area contributed by atoms with Crippen LogP contribution in [0.4, 0.5) is 0 Å². The predicted molar refractivity (Wildman–Crippen MR) is 49.8 cm³/mol. The number of ether oxygens (including phenoxy) is 1. The summed E-state index contributed by atoms with van der Waals surface area (Å²) in [6.07, 6.45) is 7.61. The molecule has 0 amide bonds. The van der Waals surface area contributed by atoms with Gasteiger partial charge in [-0.2, -0.15) is 0 Å². The van der Waals surface area contributed by atoms with Gasteiger partial charge in [0, 0.05) is 13.2 Å². The highest BCUT2D eigenvalue weighted by molar-refractivity contribution is 4.99. The molecule has 12 heavy (non-hydrogen) atoms. The van der Waals surface area contributed by atoms with Gasteiger partial charge in [-0.05, 0) is 25.3 Å². The van der Waals surface area contributed by atoms with Crippen molar-refractivity contribution in [3.63, 3.8) is 0 Å². The molecule has 1 aliphatic heterocycles. The van der Waals surface area contributed by atoms with Crippen LogP contribution in [0, 0.1) is 18.3 Å². The molecular weight excluding hydrogens is 150 g/mol. The number of rotatable bonds is 4. The van der Waals surface area contributed by atoms with Crippen molar-refractivity contribution in [1.29, 1.82) is 0 Å². The highest BCUT2D eigenvalue weighted by Gasteiger charge is 2.18. The summed E-state index contributed by atoms with van der Waals surface area (Å²) in [4.78, 5) is 0. The van der Waals surface area contributed by atoms with E-state index in [0.29, 0.717) is 5.92 Å². The molecule has 1 heterocycles. The molecule has 1 saturated heterocycles. The van der Waals surface area contributed by atoms with Crippen LogP contribution in [0.15, 0.2) is 0 Å². The topological polar surface area (TPSA) is 21.3 Å². The minimum absolute atomic E-state index is 0.238. The molecule has 1 rings (SSSR count). The second-order valence-corrected chi connectivity index (χ2v) is 3.24. The van der Waals surface area contributed by atoms with Crippen LogP contribution in [0.2, 0.25) is 0 Å². The van der Waals surface area contributed by atoms with Gasteiger partial charge >= 0.3 is 0 Å². The van der Waals surface area contributed by atoms with E-state index >= 15 is 0 Å². The van der Waals surface area contributed by atoms with Crippen LogP contribution >= 0.6 is 0 Å². The molecule has 0 aliphatic carbocycles. The second kappa shape index (κ2) is 5.18. The Morgan fingerprint density at radius 1 is 1.75 bits per heavy atom. The fourth-order valence-corrected chi connectivity index (χ4v) is 1.56. The van der Waals surface area contributed by atoms with E-state index < -0.39 is 0 Å². The highest BCUT2D eigenvalue weighted by atomic mass is 16.5. The standard InChI is InChI=1S/C10H17NO/c1-3-10(11-4-2)7-9-5-6-12-8-9/h1,9-11H,4-8H2,2H3. The molecule has 0 spiro atoms. The number of nitrogens with one attached hydrogen (secondary N) is 1. The lowest BCUT2D eigenvalue weighted by Gasteiger charge is -2.14. The number of hydrogen-bond acceptors (Lipinski definition) is 2. The summed E-state index contributed by atoms with van der Waals surface area (Å²) in [5, 5.41) is 3.27. The van der Waals surface area contributed by atoms with E-state index in [4.69, 9.17) is 11.2 Å². The van der Waals surface area contributed by atoms with Crippen LogP contribution in [0.5, 0.6) is 0 Å². The van der Waals surface area contributed by atoms with Crippen molar-refractivity contribution in [3.8, 4) is 12.3 Å². The molecule has 68 valence electrons. The normalized spacial score (nSPS) is 25.2. The minimum Gasteiger partial charge on any atom is -0.381 e. The lowest BCUT2D eigenvalue weighted by atomic mass is 10.00. The molecular formula is C10H17NO. The van der Waals surface area contributed by atoms with Crippen molar-refractivity contribution in [1.82, 2.24) is 5.32 Å². The van der Waals surface area contributed by atoms with E-state index in [1.54, 1.807) is 0 Å².